The Labute approximate surface area is 227 Å². The van der Waals surface area contributed by atoms with Crippen LogP contribution in [0.3, 0.4) is 0 Å². The molecule has 4 rings (SSSR count). The molecule has 6 atom stereocenters. The number of aryl methyl sites for hydroxylation is 1. The van der Waals surface area contributed by atoms with E-state index >= 15 is 0 Å². The van der Waals surface area contributed by atoms with Gasteiger partial charge in [-0.2, -0.15) is 0 Å². The number of carbonyl (C=O) groups excluding carboxylic acids is 1. The Balaban J connectivity index is 1.40. The van der Waals surface area contributed by atoms with Gasteiger partial charge in [-0.05, 0) is 83.3 Å². The Hall–Kier alpha value is -2.90. The molecule has 8 heteroatoms. The summed E-state index contributed by atoms with van der Waals surface area (Å²) in [5.41, 5.74) is 1.51. The Morgan fingerprint density at radius 1 is 1.05 bits per heavy atom. The summed E-state index contributed by atoms with van der Waals surface area (Å²) in [7, 11) is 0. The second kappa shape index (κ2) is 12.3. The first kappa shape index (κ1) is 28.1. The summed E-state index contributed by atoms with van der Waals surface area (Å²) in [6.07, 6.45) is 8.77. The van der Waals surface area contributed by atoms with E-state index in [1.54, 1.807) is 6.20 Å². The Bertz CT molecular complexity index is 1090. The SMILES string of the molecule is Cc1ncccc1Oc1ncnc(O[C@H](C)CC2CCC(C)N2C(=O)O[C@@H]2C[C@H](C)CC[C@H]2C(C)C)c1C. The summed E-state index contributed by atoms with van der Waals surface area (Å²) in [6.45, 7) is 14.7. The minimum absolute atomic E-state index is 0.00101. The van der Waals surface area contributed by atoms with E-state index < -0.39 is 0 Å². The molecule has 2 unspecified atom stereocenters. The zero-order valence-corrected chi connectivity index (χ0v) is 24.0. The van der Waals surface area contributed by atoms with Crippen LogP contribution in [0.1, 0.15) is 84.4 Å². The maximum atomic E-state index is 13.5. The second-order valence-corrected chi connectivity index (χ2v) is 11.7. The van der Waals surface area contributed by atoms with Crippen LogP contribution in [0.4, 0.5) is 4.79 Å². The third kappa shape index (κ3) is 6.56. The molecule has 1 aliphatic carbocycles. The number of amides is 1. The van der Waals surface area contributed by atoms with Gasteiger partial charge in [0, 0.05) is 24.7 Å². The number of aromatic nitrogens is 3. The van der Waals surface area contributed by atoms with Crippen LogP contribution in [0.5, 0.6) is 17.5 Å². The fourth-order valence-electron chi connectivity index (χ4n) is 6.02. The van der Waals surface area contributed by atoms with E-state index in [0.29, 0.717) is 41.7 Å². The molecule has 2 aromatic rings. The molecule has 2 aromatic heterocycles. The van der Waals surface area contributed by atoms with Crippen molar-refractivity contribution in [3.63, 3.8) is 0 Å². The first-order valence-corrected chi connectivity index (χ1v) is 14.2. The largest absolute Gasteiger partial charge is 0.474 e. The quantitative estimate of drug-likeness (QED) is 0.372. The second-order valence-electron chi connectivity index (χ2n) is 11.7. The summed E-state index contributed by atoms with van der Waals surface area (Å²) in [5, 5.41) is 0. The average molecular weight is 525 g/mol. The van der Waals surface area contributed by atoms with E-state index in [0.717, 1.165) is 36.9 Å². The molecular formula is C30H44N4O4. The summed E-state index contributed by atoms with van der Waals surface area (Å²) in [5.74, 6) is 3.11. The minimum Gasteiger partial charge on any atom is -0.474 e. The Morgan fingerprint density at radius 3 is 2.55 bits per heavy atom. The fraction of sp³-hybridized carbons (Fsp3) is 0.667. The van der Waals surface area contributed by atoms with Crippen LogP contribution in [0.15, 0.2) is 24.7 Å². The highest BCUT2D eigenvalue weighted by molar-refractivity contribution is 5.69. The lowest BCUT2D eigenvalue weighted by Crippen LogP contribution is -2.45. The number of rotatable bonds is 8. The van der Waals surface area contributed by atoms with Crippen molar-refractivity contribution in [3.05, 3.63) is 35.9 Å². The van der Waals surface area contributed by atoms with Crippen LogP contribution in [0.25, 0.3) is 0 Å². The maximum absolute atomic E-state index is 13.5. The Morgan fingerprint density at radius 2 is 1.82 bits per heavy atom. The molecule has 0 spiro atoms. The third-order valence-electron chi connectivity index (χ3n) is 8.28. The molecule has 2 aliphatic rings. The van der Waals surface area contributed by atoms with Gasteiger partial charge in [0.15, 0.2) is 5.75 Å². The summed E-state index contributed by atoms with van der Waals surface area (Å²) in [6, 6.07) is 3.91. The van der Waals surface area contributed by atoms with Crippen LogP contribution >= 0.6 is 0 Å². The molecule has 2 fully saturated rings. The number of likely N-dealkylation sites (tertiary alicyclic amines) is 1. The van der Waals surface area contributed by atoms with Crippen molar-refractivity contribution in [1.82, 2.24) is 19.9 Å². The summed E-state index contributed by atoms with van der Waals surface area (Å²) in [4.78, 5) is 28.4. The van der Waals surface area contributed by atoms with Crippen LogP contribution < -0.4 is 9.47 Å². The molecule has 1 saturated heterocycles. The third-order valence-corrected chi connectivity index (χ3v) is 8.28. The summed E-state index contributed by atoms with van der Waals surface area (Å²) < 4.78 is 18.5. The monoisotopic (exact) mass is 524 g/mol. The Kier molecular flexibility index (Phi) is 9.11. The number of carbonyl (C=O) groups is 1. The minimum atomic E-state index is -0.169. The molecule has 0 aromatic carbocycles. The molecule has 208 valence electrons. The van der Waals surface area contributed by atoms with Gasteiger partial charge in [0.05, 0.1) is 17.4 Å². The van der Waals surface area contributed by atoms with Crippen molar-refractivity contribution < 1.29 is 19.0 Å². The van der Waals surface area contributed by atoms with Gasteiger partial charge in [-0.3, -0.25) is 4.98 Å². The molecule has 1 saturated carbocycles. The number of hydrogen-bond donors (Lipinski definition) is 0. The lowest BCUT2D eigenvalue weighted by atomic mass is 9.75. The lowest BCUT2D eigenvalue weighted by molar-refractivity contribution is -0.0174. The van der Waals surface area contributed by atoms with E-state index in [2.05, 4.69) is 42.6 Å². The lowest BCUT2D eigenvalue weighted by Gasteiger charge is -2.38. The molecule has 3 heterocycles. The number of hydrogen-bond acceptors (Lipinski definition) is 7. The highest BCUT2D eigenvalue weighted by Gasteiger charge is 2.40. The van der Waals surface area contributed by atoms with E-state index in [1.165, 1.54) is 12.7 Å². The highest BCUT2D eigenvalue weighted by atomic mass is 16.6. The first-order valence-electron chi connectivity index (χ1n) is 14.2. The van der Waals surface area contributed by atoms with Gasteiger partial charge in [-0.25, -0.2) is 14.8 Å². The molecule has 0 N–H and O–H groups in total. The van der Waals surface area contributed by atoms with Crippen molar-refractivity contribution in [2.45, 2.75) is 111 Å². The van der Waals surface area contributed by atoms with Gasteiger partial charge in [-0.15, -0.1) is 0 Å². The van der Waals surface area contributed by atoms with Gasteiger partial charge in [0.2, 0.25) is 11.8 Å². The number of nitrogens with zero attached hydrogens (tertiary/aromatic N) is 4. The van der Waals surface area contributed by atoms with Crippen molar-refractivity contribution in [2.24, 2.45) is 17.8 Å². The van der Waals surface area contributed by atoms with Crippen LogP contribution in [-0.4, -0.2) is 50.2 Å². The molecule has 1 amide bonds. The topological polar surface area (TPSA) is 86.7 Å². The van der Waals surface area contributed by atoms with E-state index in [-0.39, 0.29) is 30.4 Å². The van der Waals surface area contributed by atoms with Crippen LogP contribution in [0, 0.1) is 31.6 Å². The highest BCUT2D eigenvalue weighted by Crippen LogP contribution is 2.37. The molecule has 0 bridgehead atoms. The molecular weight excluding hydrogens is 480 g/mol. The number of ether oxygens (including phenoxy) is 3. The van der Waals surface area contributed by atoms with E-state index in [9.17, 15) is 4.79 Å². The summed E-state index contributed by atoms with van der Waals surface area (Å²) >= 11 is 0. The van der Waals surface area contributed by atoms with Gasteiger partial charge >= 0.3 is 6.09 Å². The van der Waals surface area contributed by atoms with Crippen LogP contribution in [0.2, 0.25) is 0 Å². The molecule has 0 radical (unpaired) electrons. The van der Waals surface area contributed by atoms with Gasteiger partial charge < -0.3 is 19.1 Å². The normalized spacial score (nSPS) is 26.3. The maximum Gasteiger partial charge on any atom is 0.410 e. The predicted octanol–water partition coefficient (Wildman–Crippen LogP) is 6.89. The standard InChI is InChI=1S/C30H44N4O4/c1-18(2)25-13-10-19(3)15-27(25)38-30(35)34-20(4)11-12-24(34)16-21(5)36-28-22(6)29(33-17-32-28)37-26-9-8-14-31-23(26)7/h8-9,14,17-21,24-25,27H,10-13,15-16H2,1-7H3/t19-,20?,21-,24?,25+,27-/m1/s1. The molecule has 38 heavy (non-hydrogen) atoms. The zero-order valence-electron chi connectivity index (χ0n) is 24.0. The van der Waals surface area contributed by atoms with Gasteiger partial charge in [0.25, 0.3) is 0 Å². The van der Waals surface area contributed by atoms with E-state index in [4.69, 9.17) is 14.2 Å². The average Bonchev–Trinajstić information content (AvgIpc) is 3.22. The van der Waals surface area contributed by atoms with Crippen molar-refractivity contribution in [2.75, 3.05) is 0 Å². The van der Waals surface area contributed by atoms with Gasteiger partial charge in [-0.1, -0.05) is 27.2 Å². The van der Waals surface area contributed by atoms with Crippen molar-refractivity contribution in [1.29, 1.82) is 0 Å². The predicted molar refractivity (Wildman–Crippen MR) is 146 cm³/mol. The van der Waals surface area contributed by atoms with Gasteiger partial charge in [0.1, 0.15) is 12.4 Å². The molecule has 1 aliphatic heterocycles. The van der Waals surface area contributed by atoms with Crippen molar-refractivity contribution >= 4 is 6.09 Å². The van der Waals surface area contributed by atoms with Crippen molar-refractivity contribution in [3.8, 4) is 17.5 Å². The first-order chi connectivity index (χ1) is 18.1. The van der Waals surface area contributed by atoms with E-state index in [1.807, 2.05) is 37.8 Å². The number of pyridine rings is 1. The smallest absolute Gasteiger partial charge is 0.410 e. The van der Waals surface area contributed by atoms with Crippen LogP contribution in [-0.2, 0) is 4.74 Å². The fourth-order valence-corrected chi connectivity index (χ4v) is 6.02. The molecule has 8 nitrogen and oxygen atoms in total. The zero-order chi connectivity index (χ0) is 27.4.